The number of amides is 2. The van der Waals surface area contributed by atoms with Crippen LogP contribution >= 0.6 is 0 Å². The second-order valence-electron chi connectivity index (χ2n) is 8.77. The molecule has 6 nitrogen and oxygen atoms in total. The zero-order valence-corrected chi connectivity index (χ0v) is 19.5. The summed E-state index contributed by atoms with van der Waals surface area (Å²) in [6.45, 7) is 1.03. The van der Waals surface area contributed by atoms with Crippen molar-refractivity contribution in [3.8, 4) is 11.5 Å². The molecule has 1 N–H and O–H groups in total. The number of hydrogen-bond acceptors (Lipinski definition) is 4. The quantitative estimate of drug-likeness (QED) is 0.359. The van der Waals surface area contributed by atoms with Crippen LogP contribution in [0.3, 0.4) is 0 Å². The smallest absolute Gasteiger partial charge is 0.258 e. The van der Waals surface area contributed by atoms with Crippen molar-refractivity contribution in [3.05, 3.63) is 120 Å². The Hall–Kier alpha value is -4.71. The molecule has 5 aromatic rings. The van der Waals surface area contributed by atoms with Crippen LogP contribution in [0.2, 0.25) is 0 Å². The molecule has 3 aromatic carbocycles. The number of hydrogen-bond donors (Lipinski definition) is 1. The van der Waals surface area contributed by atoms with Gasteiger partial charge in [-0.05, 0) is 60.0 Å². The van der Waals surface area contributed by atoms with Crippen LogP contribution in [-0.2, 0) is 13.0 Å². The van der Waals surface area contributed by atoms with E-state index in [1.54, 1.807) is 18.4 Å². The molecule has 36 heavy (non-hydrogen) atoms. The number of rotatable bonds is 5. The molecular formula is C30H23N3O3. The summed E-state index contributed by atoms with van der Waals surface area (Å²) in [6.07, 6.45) is 2.38. The molecule has 6 rings (SSSR count). The van der Waals surface area contributed by atoms with Crippen molar-refractivity contribution in [2.75, 3.05) is 11.4 Å². The third-order valence-corrected chi connectivity index (χ3v) is 6.49. The van der Waals surface area contributed by atoms with E-state index in [0.717, 1.165) is 34.1 Å². The van der Waals surface area contributed by atoms with E-state index in [-0.39, 0.29) is 11.8 Å². The number of nitrogens with zero attached hydrogens (tertiary/aromatic N) is 2. The number of furan rings is 1. The maximum absolute atomic E-state index is 13.3. The molecule has 3 heterocycles. The molecule has 0 radical (unpaired) electrons. The Labute approximate surface area is 208 Å². The van der Waals surface area contributed by atoms with Gasteiger partial charge in [-0.3, -0.25) is 9.59 Å². The highest BCUT2D eigenvalue weighted by molar-refractivity contribution is 6.08. The lowest BCUT2D eigenvalue weighted by molar-refractivity contribution is 0.0951. The van der Waals surface area contributed by atoms with Crippen LogP contribution in [0.25, 0.3) is 22.4 Å². The summed E-state index contributed by atoms with van der Waals surface area (Å²) in [5.74, 6) is 0.443. The fourth-order valence-corrected chi connectivity index (χ4v) is 4.70. The van der Waals surface area contributed by atoms with Crippen LogP contribution in [0.5, 0.6) is 0 Å². The third-order valence-electron chi connectivity index (χ3n) is 6.49. The molecule has 1 aliphatic heterocycles. The van der Waals surface area contributed by atoms with Crippen molar-refractivity contribution in [3.63, 3.8) is 0 Å². The van der Waals surface area contributed by atoms with Gasteiger partial charge in [-0.2, -0.15) is 0 Å². The number of para-hydroxylation sites is 1. The van der Waals surface area contributed by atoms with E-state index in [9.17, 15) is 9.59 Å². The molecule has 0 unspecified atom stereocenters. The number of fused-ring (bicyclic) bond motifs is 2. The number of anilines is 1. The average Bonchev–Trinajstić information content (AvgIpc) is 3.61. The summed E-state index contributed by atoms with van der Waals surface area (Å²) in [5.41, 5.74) is 5.61. The third kappa shape index (κ3) is 4.03. The molecule has 0 fully saturated rings. The number of carbonyl (C=O) groups is 2. The zero-order valence-electron chi connectivity index (χ0n) is 19.5. The van der Waals surface area contributed by atoms with Gasteiger partial charge >= 0.3 is 0 Å². The van der Waals surface area contributed by atoms with Gasteiger partial charge in [0.25, 0.3) is 11.8 Å². The number of pyridine rings is 1. The minimum absolute atomic E-state index is 0.00679. The van der Waals surface area contributed by atoms with Gasteiger partial charge in [-0.1, -0.05) is 48.5 Å². The van der Waals surface area contributed by atoms with Crippen molar-refractivity contribution in [2.45, 2.75) is 13.0 Å². The van der Waals surface area contributed by atoms with Crippen LogP contribution in [-0.4, -0.2) is 23.3 Å². The first-order valence-corrected chi connectivity index (χ1v) is 11.9. The van der Waals surface area contributed by atoms with Gasteiger partial charge in [-0.25, -0.2) is 4.98 Å². The number of carbonyl (C=O) groups excluding carboxylic acids is 2. The Morgan fingerprint density at radius 3 is 2.58 bits per heavy atom. The van der Waals surface area contributed by atoms with E-state index in [0.29, 0.717) is 35.7 Å². The monoisotopic (exact) mass is 473 g/mol. The Morgan fingerprint density at radius 1 is 0.917 bits per heavy atom. The first-order valence-electron chi connectivity index (χ1n) is 11.9. The summed E-state index contributed by atoms with van der Waals surface area (Å²) in [5, 5.41) is 3.84. The normalized spacial score (nSPS) is 12.5. The molecular weight excluding hydrogens is 450 g/mol. The van der Waals surface area contributed by atoms with E-state index < -0.39 is 0 Å². The zero-order chi connectivity index (χ0) is 24.5. The lowest BCUT2D eigenvalue weighted by Crippen LogP contribution is -2.28. The molecule has 0 spiro atoms. The molecule has 0 atom stereocenters. The Balaban J connectivity index is 1.22. The molecule has 0 aliphatic carbocycles. The van der Waals surface area contributed by atoms with E-state index >= 15 is 0 Å². The summed E-state index contributed by atoms with van der Waals surface area (Å²) < 4.78 is 5.51. The molecule has 176 valence electrons. The Bertz CT molecular complexity index is 1580. The molecule has 2 aromatic heterocycles. The van der Waals surface area contributed by atoms with E-state index in [4.69, 9.17) is 4.42 Å². The fraction of sp³-hybridized carbons (Fsp3) is 0.100. The predicted octanol–water partition coefficient (Wildman–Crippen LogP) is 5.63. The van der Waals surface area contributed by atoms with Gasteiger partial charge < -0.3 is 14.6 Å². The molecule has 2 amide bonds. The van der Waals surface area contributed by atoms with Gasteiger partial charge in [-0.15, -0.1) is 0 Å². The van der Waals surface area contributed by atoms with Crippen molar-refractivity contribution in [2.24, 2.45) is 0 Å². The predicted molar refractivity (Wildman–Crippen MR) is 139 cm³/mol. The van der Waals surface area contributed by atoms with Gasteiger partial charge in [0.1, 0.15) is 5.69 Å². The molecule has 0 saturated heterocycles. The second kappa shape index (κ2) is 9.15. The highest BCUT2D eigenvalue weighted by Gasteiger charge is 2.25. The van der Waals surface area contributed by atoms with E-state index in [1.165, 1.54) is 0 Å². The van der Waals surface area contributed by atoms with Crippen molar-refractivity contribution in [1.29, 1.82) is 0 Å². The second-order valence-corrected chi connectivity index (χ2v) is 8.77. The van der Waals surface area contributed by atoms with Gasteiger partial charge in [0.15, 0.2) is 5.76 Å². The van der Waals surface area contributed by atoms with Crippen LogP contribution in [0.1, 0.15) is 31.8 Å². The first-order chi connectivity index (χ1) is 17.7. The van der Waals surface area contributed by atoms with E-state index in [2.05, 4.69) is 16.4 Å². The maximum atomic E-state index is 13.3. The van der Waals surface area contributed by atoms with Gasteiger partial charge in [0.2, 0.25) is 0 Å². The summed E-state index contributed by atoms with van der Waals surface area (Å²) in [4.78, 5) is 32.7. The number of nitrogens with one attached hydrogen (secondary N) is 1. The molecule has 0 bridgehead atoms. The number of aromatic nitrogens is 1. The fourth-order valence-electron chi connectivity index (χ4n) is 4.70. The highest BCUT2D eigenvalue weighted by Crippen LogP contribution is 2.30. The molecule has 0 saturated carbocycles. The van der Waals surface area contributed by atoms with Crippen LogP contribution in [0.15, 0.2) is 102 Å². The van der Waals surface area contributed by atoms with E-state index in [1.807, 2.05) is 77.7 Å². The van der Waals surface area contributed by atoms with Crippen molar-refractivity contribution >= 4 is 28.4 Å². The summed E-state index contributed by atoms with van der Waals surface area (Å²) in [7, 11) is 0. The maximum Gasteiger partial charge on any atom is 0.258 e. The van der Waals surface area contributed by atoms with Crippen molar-refractivity contribution in [1.82, 2.24) is 10.3 Å². The van der Waals surface area contributed by atoms with Gasteiger partial charge in [0, 0.05) is 29.7 Å². The summed E-state index contributed by atoms with van der Waals surface area (Å²) >= 11 is 0. The lowest BCUT2D eigenvalue weighted by Gasteiger charge is -2.17. The molecule has 6 heteroatoms. The minimum Gasteiger partial charge on any atom is -0.463 e. The Morgan fingerprint density at radius 2 is 1.75 bits per heavy atom. The first kappa shape index (κ1) is 21.8. The topological polar surface area (TPSA) is 75.4 Å². The standard InChI is InChI=1S/C30H23N3O3/c34-29(24-18-26(28-11-6-16-36-28)32-25-10-5-4-9-23(24)25)31-19-20-12-13-27-22(17-20)14-15-33(27)30(35)21-7-2-1-3-8-21/h1-13,16-18H,14-15,19H2,(H,31,34). The Kier molecular flexibility index (Phi) is 5.54. The number of benzene rings is 3. The van der Waals surface area contributed by atoms with Crippen LogP contribution in [0, 0.1) is 0 Å². The van der Waals surface area contributed by atoms with Crippen LogP contribution in [0.4, 0.5) is 5.69 Å². The minimum atomic E-state index is -0.178. The van der Waals surface area contributed by atoms with Crippen LogP contribution < -0.4 is 10.2 Å². The SMILES string of the molecule is O=C(NCc1ccc2c(c1)CCN2C(=O)c1ccccc1)c1cc(-c2ccco2)nc2ccccc12. The largest absolute Gasteiger partial charge is 0.463 e. The van der Waals surface area contributed by atoms with Gasteiger partial charge in [0.05, 0.1) is 17.3 Å². The van der Waals surface area contributed by atoms with Crippen molar-refractivity contribution < 1.29 is 14.0 Å². The highest BCUT2D eigenvalue weighted by atomic mass is 16.3. The summed E-state index contributed by atoms with van der Waals surface area (Å²) in [6, 6.07) is 28.3. The lowest BCUT2D eigenvalue weighted by atomic mass is 10.1. The molecule has 1 aliphatic rings. The average molecular weight is 474 g/mol.